The van der Waals surface area contributed by atoms with Gasteiger partial charge in [-0.3, -0.25) is 4.99 Å². The third kappa shape index (κ3) is 3.50. The third-order valence-corrected chi connectivity index (χ3v) is 5.55. The highest BCUT2D eigenvalue weighted by Crippen LogP contribution is 2.36. The molecule has 0 bridgehead atoms. The number of aliphatic hydroxyl groups is 2. The van der Waals surface area contributed by atoms with E-state index < -0.39 is 24.4 Å². The van der Waals surface area contributed by atoms with Gasteiger partial charge >= 0.3 is 0 Å². The molecule has 0 amide bonds. The summed E-state index contributed by atoms with van der Waals surface area (Å²) in [7, 11) is 0. The van der Waals surface area contributed by atoms with Gasteiger partial charge < -0.3 is 24.8 Å². The average Bonchev–Trinajstić information content (AvgIpc) is 3.35. The molecular weight excluding hydrogens is 356 g/mol. The lowest BCUT2D eigenvalue weighted by molar-refractivity contribution is -0.157. The molecule has 0 unspecified atom stereocenters. The summed E-state index contributed by atoms with van der Waals surface area (Å²) < 4.78 is 9.64. The van der Waals surface area contributed by atoms with Crippen molar-refractivity contribution in [3.63, 3.8) is 0 Å². The highest BCUT2D eigenvalue weighted by atomic mass is 32.2. The monoisotopic (exact) mass is 378 g/mol. The Labute approximate surface area is 155 Å². The van der Waals surface area contributed by atoms with Crippen molar-refractivity contribution < 1.29 is 14.9 Å². The van der Waals surface area contributed by atoms with Crippen molar-refractivity contribution in [2.45, 2.75) is 49.8 Å². The SMILES string of the molecule is CCNC1=N[C@@H]2[C@@H](O)[C@H](O)[C@@H](Cn3cc(Cn4cccc4)nn3)O[C@@H]2S1. The molecule has 3 N–H and O–H groups in total. The molecule has 4 heterocycles. The first-order valence-corrected chi connectivity index (χ1v) is 9.51. The van der Waals surface area contributed by atoms with Crippen molar-refractivity contribution >= 4 is 16.9 Å². The van der Waals surface area contributed by atoms with Crippen molar-refractivity contribution in [1.82, 2.24) is 24.9 Å². The van der Waals surface area contributed by atoms with Crippen LogP contribution in [-0.2, 0) is 17.8 Å². The molecule has 0 spiro atoms. The zero-order chi connectivity index (χ0) is 18.1. The fraction of sp³-hybridized carbons (Fsp3) is 0.562. The van der Waals surface area contributed by atoms with Crippen LogP contribution in [-0.4, -0.2) is 71.3 Å². The number of aliphatic hydroxyl groups excluding tert-OH is 2. The molecule has 4 rings (SSSR count). The van der Waals surface area contributed by atoms with E-state index in [1.165, 1.54) is 11.8 Å². The number of aliphatic imine (C=N–C) groups is 1. The van der Waals surface area contributed by atoms with Crippen LogP contribution in [0.3, 0.4) is 0 Å². The summed E-state index contributed by atoms with van der Waals surface area (Å²) in [5, 5.41) is 33.0. The third-order valence-electron chi connectivity index (χ3n) is 4.45. The number of hydrogen-bond donors (Lipinski definition) is 3. The van der Waals surface area contributed by atoms with Gasteiger partial charge in [0.2, 0.25) is 0 Å². The number of fused-ring (bicyclic) bond motifs is 1. The number of amidine groups is 1. The Morgan fingerprint density at radius 1 is 1.27 bits per heavy atom. The van der Waals surface area contributed by atoms with Gasteiger partial charge in [-0.25, -0.2) is 4.68 Å². The van der Waals surface area contributed by atoms with E-state index in [4.69, 9.17) is 4.74 Å². The van der Waals surface area contributed by atoms with Gasteiger partial charge in [0.25, 0.3) is 0 Å². The molecule has 26 heavy (non-hydrogen) atoms. The number of nitrogens with one attached hydrogen (secondary N) is 1. The maximum Gasteiger partial charge on any atom is 0.159 e. The second kappa shape index (κ2) is 7.39. The fourth-order valence-electron chi connectivity index (χ4n) is 3.16. The standard InChI is InChI=1S/C16H22N6O3S/c1-2-17-16-18-12-14(24)13(23)11(25-15(12)26-16)9-22-8-10(19-20-22)7-21-5-3-4-6-21/h3-6,8,11-15,23-24H,2,7,9H2,1H3,(H,17,18)/t11-,12-,13-,14-,15-/m1/s1. The lowest BCUT2D eigenvalue weighted by Gasteiger charge is -2.38. The van der Waals surface area contributed by atoms with Gasteiger partial charge in [0.05, 0.1) is 19.3 Å². The molecule has 140 valence electrons. The average molecular weight is 378 g/mol. The highest BCUT2D eigenvalue weighted by molar-refractivity contribution is 8.14. The first-order chi connectivity index (χ1) is 12.6. The van der Waals surface area contributed by atoms with Crippen LogP contribution in [0.5, 0.6) is 0 Å². The molecular formula is C16H22N6O3S. The van der Waals surface area contributed by atoms with Crippen LogP contribution in [0.15, 0.2) is 35.7 Å². The van der Waals surface area contributed by atoms with E-state index in [2.05, 4.69) is 20.6 Å². The molecule has 2 aromatic rings. The molecule has 1 fully saturated rings. The van der Waals surface area contributed by atoms with Crippen LogP contribution in [0.1, 0.15) is 12.6 Å². The largest absolute Gasteiger partial charge is 0.388 e. The van der Waals surface area contributed by atoms with Gasteiger partial charge in [-0.1, -0.05) is 17.0 Å². The first kappa shape index (κ1) is 17.5. The van der Waals surface area contributed by atoms with Gasteiger partial charge in [0, 0.05) is 18.9 Å². The number of ether oxygens (including phenoxy) is 1. The van der Waals surface area contributed by atoms with Crippen LogP contribution in [0, 0.1) is 0 Å². The minimum atomic E-state index is -1.03. The lowest BCUT2D eigenvalue weighted by Crippen LogP contribution is -2.55. The maximum atomic E-state index is 10.4. The van der Waals surface area contributed by atoms with Crippen LogP contribution in [0.2, 0.25) is 0 Å². The molecule has 2 aromatic heterocycles. The number of rotatable bonds is 5. The second-order valence-corrected chi connectivity index (χ2v) is 7.47. The van der Waals surface area contributed by atoms with Crippen molar-refractivity contribution in [2.24, 2.45) is 4.99 Å². The summed E-state index contributed by atoms with van der Waals surface area (Å²) in [4.78, 5) is 4.41. The Kier molecular flexibility index (Phi) is 4.98. The molecule has 2 aliphatic heterocycles. The van der Waals surface area contributed by atoms with Crippen LogP contribution >= 0.6 is 11.8 Å². The first-order valence-electron chi connectivity index (χ1n) is 8.63. The van der Waals surface area contributed by atoms with Crippen molar-refractivity contribution in [3.05, 3.63) is 36.4 Å². The molecule has 5 atom stereocenters. The molecule has 0 saturated carbocycles. The zero-order valence-corrected chi connectivity index (χ0v) is 15.2. The normalized spacial score (nSPS) is 30.9. The molecule has 9 nitrogen and oxygen atoms in total. The highest BCUT2D eigenvalue weighted by Gasteiger charge is 2.48. The van der Waals surface area contributed by atoms with Crippen LogP contribution in [0.4, 0.5) is 0 Å². The van der Waals surface area contributed by atoms with Crippen LogP contribution < -0.4 is 5.32 Å². The molecule has 0 radical (unpaired) electrons. The van der Waals surface area contributed by atoms with Crippen molar-refractivity contribution in [2.75, 3.05) is 6.54 Å². The summed E-state index contributed by atoms with van der Waals surface area (Å²) in [5.41, 5.74) is 0.508. The molecule has 1 saturated heterocycles. The zero-order valence-electron chi connectivity index (χ0n) is 14.3. The topological polar surface area (TPSA) is 110 Å². The van der Waals surface area contributed by atoms with Gasteiger partial charge in [-0.05, 0) is 19.1 Å². The van der Waals surface area contributed by atoms with E-state index in [9.17, 15) is 10.2 Å². The molecule has 10 heteroatoms. The van der Waals surface area contributed by atoms with E-state index in [0.29, 0.717) is 13.1 Å². The summed E-state index contributed by atoms with van der Waals surface area (Å²) >= 11 is 1.44. The van der Waals surface area contributed by atoms with E-state index in [1.807, 2.05) is 42.2 Å². The summed E-state index contributed by atoms with van der Waals surface area (Å²) in [6, 6.07) is 3.45. The Hall–Kier alpha value is -1.88. The van der Waals surface area contributed by atoms with E-state index >= 15 is 0 Å². The number of aromatic nitrogens is 4. The predicted molar refractivity (Wildman–Crippen MR) is 96.7 cm³/mol. The summed E-state index contributed by atoms with van der Waals surface area (Å²) in [6.07, 6.45) is 3.18. The minimum absolute atomic E-state index is 0.310. The maximum absolute atomic E-state index is 10.4. The molecule has 0 aromatic carbocycles. The summed E-state index contributed by atoms with van der Waals surface area (Å²) in [6.45, 7) is 3.67. The molecule has 0 aliphatic carbocycles. The Bertz CT molecular complexity index is 764. The molecule has 2 aliphatic rings. The number of hydrogen-bond acceptors (Lipinski definition) is 8. The number of nitrogens with zero attached hydrogens (tertiary/aromatic N) is 5. The Morgan fingerprint density at radius 2 is 2.08 bits per heavy atom. The van der Waals surface area contributed by atoms with E-state index in [-0.39, 0.29) is 5.44 Å². The van der Waals surface area contributed by atoms with Gasteiger partial charge in [0.15, 0.2) is 5.17 Å². The van der Waals surface area contributed by atoms with Gasteiger partial charge in [0.1, 0.15) is 35.5 Å². The Balaban J connectivity index is 1.40. The van der Waals surface area contributed by atoms with Crippen molar-refractivity contribution in [3.8, 4) is 0 Å². The minimum Gasteiger partial charge on any atom is -0.388 e. The van der Waals surface area contributed by atoms with Gasteiger partial charge in [-0.2, -0.15) is 0 Å². The lowest BCUT2D eigenvalue weighted by atomic mass is 9.98. The quantitative estimate of drug-likeness (QED) is 0.653. The fourth-order valence-corrected chi connectivity index (χ4v) is 4.35. The second-order valence-electron chi connectivity index (χ2n) is 6.38. The van der Waals surface area contributed by atoms with E-state index in [0.717, 1.165) is 17.4 Å². The smallest absolute Gasteiger partial charge is 0.159 e. The Morgan fingerprint density at radius 3 is 2.85 bits per heavy atom. The summed E-state index contributed by atoms with van der Waals surface area (Å²) in [5.74, 6) is 0. The van der Waals surface area contributed by atoms with Crippen LogP contribution in [0.25, 0.3) is 0 Å². The predicted octanol–water partition coefficient (Wildman–Crippen LogP) is -0.344. The van der Waals surface area contributed by atoms with Crippen molar-refractivity contribution in [1.29, 1.82) is 0 Å². The van der Waals surface area contributed by atoms with E-state index in [1.54, 1.807) is 4.68 Å². The van der Waals surface area contributed by atoms with Gasteiger partial charge in [-0.15, -0.1) is 5.10 Å². The number of thioether (sulfide) groups is 1.